The van der Waals surface area contributed by atoms with E-state index >= 15 is 0 Å². The molecule has 6 nitrogen and oxygen atoms in total. The molecule has 1 amide bonds. The minimum Gasteiger partial charge on any atom is -0.483 e. The summed E-state index contributed by atoms with van der Waals surface area (Å²) in [6.07, 6.45) is -0.277. The average molecular weight is 431 g/mol. The van der Waals surface area contributed by atoms with Gasteiger partial charge in [-0.15, -0.1) is 10.2 Å². The number of aromatic nitrogens is 3. The van der Waals surface area contributed by atoms with E-state index in [1.165, 1.54) is 22.9 Å². The molecule has 152 valence electrons. The normalized spacial score (nSPS) is 11.9. The molecule has 1 unspecified atom stereocenters. The van der Waals surface area contributed by atoms with Crippen molar-refractivity contribution in [3.05, 3.63) is 64.4 Å². The molecule has 29 heavy (non-hydrogen) atoms. The van der Waals surface area contributed by atoms with Gasteiger partial charge >= 0.3 is 0 Å². The SMILES string of the molecule is Cc1ccc(OC(C)c2nnc(SCC(=O)Nc3ccccc3Cl)n2C)cc1C. The Morgan fingerprint density at radius 1 is 1.21 bits per heavy atom. The van der Waals surface area contributed by atoms with Gasteiger partial charge in [0.2, 0.25) is 5.91 Å². The smallest absolute Gasteiger partial charge is 0.234 e. The number of rotatable bonds is 7. The maximum atomic E-state index is 12.2. The molecule has 0 radical (unpaired) electrons. The third-order valence-electron chi connectivity index (χ3n) is 4.50. The van der Waals surface area contributed by atoms with Crippen LogP contribution in [0.1, 0.15) is 30.0 Å². The highest BCUT2D eigenvalue weighted by Gasteiger charge is 2.18. The molecule has 2 aromatic carbocycles. The molecule has 0 spiro atoms. The molecule has 0 aliphatic rings. The topological polar surface area (TPSA) is 69.0 Å². The minimum absolute atomic E-state index is 0.160. The van der Waals surface area contributed by atoms with E-state index in [4.69, 9.17) is 16.3 Å². The largest absolute Gasteiger partial charge is 0.483 e. The van der Waals surface area contributed by atoms with Crippen LogP contribution in [0, 0.1) is 13.8 Å². The van der Waals surface area contributed by atoms with Crippen molar-refractivity contribution in [1.29, 1.82) is 0 Å². The molecule has 1 heterocycles. The first-order chi connectivity index (χ1) is 13.8. The van der Waals surface area contributed by atoms with E-state index in [-0.39, 0.29) is 17.8 Å². The van der Waals surface area contributed by atoms with E-state index in [1.807, 2.05) is 48.9 Å². The summed E-state index contributed by atoms with van der Waals surface area (Å²) in [5.74, 6) is 1.52. The zero-order valence-electron chi connectivity index (χ0n) is 16.8. The van der Waals surface area contributed by atoms with E-state index in [2.05, 4.69) is 29.4 Å². The number of hydrogen-bond acceptors (Lipinski definition) is 5. The Morgan fingerprint density at radius 3 is 2.69 bits per heavy atom. The summed E-state index contributed by atoms with van der Waals surface area (Å²) in [6.45, 7) is 6.05. The number of nitrogens with zero attached hydrogens (tertiary/aromatic N) is 3. The molecule has 0 saturated heterocycles. The molecule has 3 aromatic rings. The van der Waals surface area contributed by atoms with Crippen LogP contribution in [-0.4, -0.2) is 26.4 Å². The van der Waals surface area contributed by atoms with Crippen LogP contribution in [0.15, 0.2) is 47.6 Å². The molecule has 0 saturated carbocycles. The van der Waals surface area contributed by atoms with Crippen LogP contribution in [-0.2, 0) is 11.8 Å². The molecule has 1 aromatic heterocycles. The fraction of sp³-hybridized carbons (Fsp3) is 0.286. The Hall–Kier alpha value is -2.51. The van der Waals surface area contributed by atoms with Crippen molar-refractivity contribution in [1.82, 2.24) is 14.8 Å². The number of anilines is 1. The molecule has 0 aliphatic carbocycles. The molecule has 1 N–H and O–H groups in total. The van der Waals surface area contributed by atoms with Crippen LogP contribution in [0.2, 0.25) is 5.02 Å². The Kier molecular flexibility index (Phi) is 6.82. The van der Waals surface area contributed by atoms with Gasteiger partial charge in [-0.1, -0.05) is 41.6 Å². The van der Waals surface area contributed by atoms with Gasteiger partial charge in [-0.25, -0.2) is 0 Å². The Labute approximate surface area is 179 Å². The zero-order valence-corrected chi connectivity index (χ0v) is 18.3. The van der Waals surface area contributed by atoms with Gasteiger partial charge in [-0.05, 0) is 56.2 Å². The van der Waals surface area contributed by atoms with Crippen molar-refractivity contribution in [3.8, 4) is 5.75 Å². The second kappa shape index (κ2) is 9.33. The molecule has 0 fully saturated rings. The molecular formula is C21H23ClN4O2S. The standard InChI is InChI=1S/C21H23ClN4O2S/c1-13-9-10-16(11-14(13)2)28-15(3)20-24-25-21(26(20)4)29-12-19(27)23-18-8-6-5-7-17(18)22/h5-11,15H,12H2,1-4H3,(H,23,27). The Morgan fingerprint density at radius 2 is 1.97 bits per heavy atom. The quantitative estimate of drug-likeness (QED) is 0.536. The van der Waals surface area contributed by atoms with Crippen LogP contribution in [0.25, 0.3) is 0 Å². The van der Waals surface area contributed by atoms with Crippen molar-refractivity contribution in [3.63, 3.8) is 0 Å². The van der Waals surface area contributed by atoms with Crippen molar-refractivity contribution >= 4 is 35.0 Å². The van der Waals surface area contributed by atoms with E-state index in [1.54, 1.807) is 12.1 Å². The average Bonchev–Trinajstić information content (AvgIpc) is 3.05. The van der Waals surface area contributed by atoms with Gasteiger partial charge in [-0.3, -0.25) is 4.79 Å². The predicted octanol–water partition coefficient (Wildman–Crippen LogP) is 4.96. The highest BCUT2D eigenvalue weighted by Crippen LogP contribution is 2.26. The third-order valence-corrected chi connectivity index (χ3v) is 5.85. The molecule has 1 atom stereocenters. The summed E-state index contributed by atoms with van der Waals surface area (Å²) >= 11 is 7.38. The Balaban J connectivity index is 1.60. The number of amides is 1. The number of nitrogens with one attached hydrogen (secondary N) is 1. The van der Waals surface area contributed by atoms with Crippen molar-refractivity contribution in [2.75, 3.05) is 11.1 Å². The maximum Gasteiger partial charge on any atom is 0.234 e. The molecular weight excluding hydrogens is 408 g/mol. The number of thioether (sulfide) groups is 1. The van der Waals surface area contributed by atoms with Gasteiger partial charge in [0.1, 0.15) is 5.75 Å². The van der Waals surface area contributed by atoms with Crippen molar-refractivity contribution < 1.29 is 9.53 Å². The van der Waals surface area contributed by atoms with Gasteiger partial charge in [0.25, 0.3) is 0 Å². The van der Waals surface area contributed by atoms with Crippen LogP contribution < -0.4 is 10.1 Å². The summed E-state index contributed by atoms with van der Waals surface area (Å²) in [6, 6.07) is 13.1. The predicted molar refractivity (Wildman–Crippen MR) is 117 cm³/mol. The van der Waals surface area contributed by atoms with Gasteiger partial charge < -0.3 is 14.6 Å². The summed E-state index contributed by atoms with van der Waals surface area (Å²) < 4.78 is 7.87. The number of hydrogen-bond donors (Lipinski definition) is 1. The summed E-state index contributed by atoms with van der Waals surface area (Å²) in [5, 5.41) is 12.4. The third kappa shape index (κ3) is 5.31. The van der Waals surface area contributed by atoms with Crippen LogP contribution in [0.5, 0.6) is 5.75 Å². The lowest BCUT2D eigenvalue weighted by Crippen LogP contribution is -2.15. The first-order valence-corrected chi connectivity index (χ1v) is 10.5. The van der Waals surface area contributed by atoms with Crippen LogP contribution >= 0.6 is 23.4 Å². The number of aryl methyl sites for hydroxylation is 2. The molecule has 8 heteroatoms. The fourth-order valence-electron chi connectivity index (χ4n) is 2.73. The second-order valence-corrected chi connectivity index (χ2v) is 8.07. The van der Waals surface area contributed by atoms with Crippen molar-refractivity contribution in [2.24, 2.45) is 7.05 Å². The fourth-order valence-corrected chi connectivity index (χ4v) is 3.63. The lowest BCUT2D eigenvalue weighted by atomic mass is 10.1. The number of ether oxygens (including phenoxy) is 1. The monoisotopic (exact) mass is 430 g/mol. The summed E-state index contributed by atoms with van der Waals surface area (Å²) in [5.41, 5.74) is 2.99. The summed E-state index contributed by atoms with van der Waals surface area (Å²) in [4.78, 5) is 12.2. The maximum absolute atomic E-state index is 12.2. The van der Waals surface area contributed by atoms with Crippen LogP contribution in [0.4, 0.5) is 5.69 Å². The first kappa shape index (κ1) is 21.2. The number of carbonyl (C=O) groups excluding carboxylic acids is 1. The Bertz CT molecular complexity index is 1020. The number of benzene rings is 2. The highest BCUT2D eigenvalue weighted by molar-refractivity contribution is 7.99. The van der Waals surface area contributed by atoms with E-state index in [0.29, 0.717) is 21.7 Å². The first-order valence-electron chi connectivity index (χ1n) is 9.15. The van der Waals surface area contributed by atoms with E-state index < -0.39 is 0 Å². The number of carbonyl (C=O) groups is 1. The van der Waals surface area contributed by atoms with E-state index in [9.17, 15) is 4.79 Å². The molecule has 0 bridgehead atoms. The van der Waals surface area contributed by atoms with Crippen LogP contribution in [0.3, 0.4) is 0 Å². The lowest BCUT2D eigenvalue weighted by molar-refractivity contribution is -0.113. The highest BCUT2D eigenvalue weighted by atomic mass is 35.5. The number of para-hydroxylation sites is 1. The van der Waals surface area contributed by atoms with Gasteiger partial charge in [-0.2, -0.15) is 0 Å². The van der Waals surface area contributed by atoms with E-state index in [0.717, 1.165) is 5.75 Å². The number of halogens is 1. The molecule has 0 aliphatic heterocycles. The van der Waals surface area contributed by atoms with Crippen molar-refractivity contribution in [2.45, 2.75) is 32.0 Å². The minimum atomic E-state index is -0.277. The zero-order chi connectivity index (χ0) is 21.0. The van der Waals surface area contributed by atoms with Gasteiger partial charge in [0.05, 0.1) is 16.5 Å². The second-order valence-electron chi connectivity index (χ2n) is 6.72. The summed E-state index contributed by atoms with van der Waals surface area (Å²) in [7, 11) is 1.86. The van der Waals surface area contributed by atoms with Gasteiger partial charge in [0.15, 0.2) is 17.1 Å². The molecule has 3 rings (SSSR count). The lowest BCUT2D eigenvalue weighted by Gasteiger charge is -2.15. The van der Waals surface area contributed by atoms with Gasteiger partial charge in [0, 0.05) is 7.05 Å².